The number of carbonyl (C=O) groups excluding carboxylic acids is 2. The van der Waals surface area contributed by atoms with E-state index in [4.69, 9.17) is 5.73 Å². The quantitative estimate of drug-likeness (QED) is 0.804. The first kappa shape index (κ1) is 16.8. The lowest BCUT2D eigenvalue weighted by Crippen LogP contribution is -2.40. The molecular weight excluding hydrogens is 358 g/mol. The van der Waals surface area contributed by atoms with Crippen LogP contribution in [0.3, 0.4) is 0 Å². The number of amides is 3. The first-order chi connectivity index (χ1) is 11.0. The number of hydrogen-bond acceptors (Lipinski definition) is 3. The highest BCUT2D eigenvalue weighted by atomic mass is 79.9. The van der Waals surface area contributed by atoms with Crippen molar-refractivity contribution in [1.82, 2.24) is 5.32 Å². The molecule has 23 heavy (non-hydrogen) atoms. The van der Waals surface area contributed by atoms with E-state index in [0.29, 0.717) is 11.4 Å². The van der Waals surface area contributed by atoms with E-state index in [0.717, 1.165) is 14.9 Å². The molecule has 0 heterocycles. The molecule has 0 aliphatic rings. The number of benzene rings is 2. The topological polar surface area (TPSA) is 75.4 Å². The maximum Gasteiger partial charge on any atom is 0.332 e. The van der Waals surface area contributed by atoms with Crippen LogP contribution in [0.5, 0.6) is 0 Å². The van der Waals surface area contributed by atoms with E-state index in [9.17, 15) is 9.59 Å². The number of rotatable bonds is 3. The summed E-state index contributed by atoms with van der Waals surface area (Å²) >= 11 is 3.42. The molecular formula is C17H16BrN3O2. The van der Waals surface area contributed by atoms with Crippen LogP contribution in [0.15, 0.2) is 59.2 Å². The Kier molecular flexibility index (Phi) is 5.54. The number of hydrogen-bond donors (Lipinski definition) is 2. The van der Waals surface area contributed by atoms with Crippen LogP contribution in [-0.4, -0.2) is 11.9 Å². The Hall–Kier alpha value is -2.60. The number of nitrogens with two attached hydrogens (primary N) is 1. The standard InChI is InChI=1S/C17H16BrN3O2/c1-12(22)21(15-8-6-14(19)7-9-15)17(23)20-11-10-13-4-2-3-5-16(13)18/h2-11H,19H2,1H3,(H,20,23)/b11-10+. The van der Waals surface area contributed by atoms with Gasteiger partial charge < -0.3 is 11.1 Å². The van der Waals surface area contributed by atoms with Gasteiger partial charge in [0.15, 0.2) is 0 Å². The first-order valence-corrected chi connectivity index (χ1v) is 7.66. The van der Waals surface area contributed by atoms with Crippen molar-refractivity contribution < 1.29 is 9.59 Å². The lowest BCUT2D eigenvalue weighted by atomic mass is 10.2. The van der Waals surface area contributed by atoms with Crippen LogP contribution in [-0.2, 0) is 4.79 Å². The Morgan fingerprint density at radius 2 is 1.78 bits per heavy atom. The zero-order chi connectivity index (χ0) is 16.8. The van der Waals surface area contributed by atoms with Crippen molar-refractivity contribution in [3.63, 3.8) is 0 Å². The molecule has 2 aromatic carbocycles. The number of nitrogens with zero attached hydrogens (tertiary/aromatic N) is 1. The third-order valence-electron chi connectivity index (χ3n) is 3.04. The summed E-state index contributed by atoms with van der Waals surface area (Å²) in [5, 5.41) is 2.59. The maximum atomic E-state index is 12.2. The first-order valence-electron chi connectivity index (χ1n) is 6.87. The van der Waals surface area contributed by atoms with Gasteiger partial charge in [-0.15, -0.1) is 0 Å². The monoisotopic (exact) mass is 373 g/mol. The smallest absolute Gasteiger partial charge is 0.332 e. The van der Waals surface area contributed by atoms with Crippen molar-refractivity contribution in [3.8, 4) is 0 Å². The summed E-state index contributed by atoms with van der Waals surface area (Å²) in [4.78, 5) is 25.1. The highest BCUT2D eigenvalue weighted by Gasteiger charge is 2.18. The molecule has 0 unspecified atom stereocenters. The van der Waals surface area contributed by atoms with Crippen molar-refractivity contribution >= 4 is 45.3 Å². The molecule has 0 atom stereocenters. The number of nitrogens with one attached hydrogen (secondary N) is 1. The van der Waals surface area contributed by atoms with Crippen LogP contribution in [0.2, 0.25) is 0 Å². The van der Waals surface area contributed by atoms with Gasteiger partial charge in [0.25, 0.3) is 0 Å². The molecule has 0 saturated heterocycles. The second-order valence-corrected chi connectivity index (χ2v) is 5.60. The third-order valence-corrected chi connectivity index (χ3v) is 3.77. The van der Waals surface area contributed by atoms with Gasteiger partial charge in [-0.2, -0.15) is 0 Å². The summed E-state index contributed by atoms with van der Waals surface area (Å²) in [6, 6.07) is 13.6. The van der Waals surface area contributed by atoms with E-state index >= 15 is 0 Å². The molecule has 118 valence electrons. The predicted octanol–water partition coefficient (Wildman–Crippen LogP) is 3.76. The predicted molar refractivity (Wildman–Crippen MR) is 95.7 cm³/mol. The van der Waals surface area contributed by atoms with E-state index in [1.807, 2.05) is 24.3 Å². The Morgan fingerprint density at radius 1 is 1.13 bits per heavy atom. The molecule has 0 saturated carbocycles. The third kappa shape index (κ3) is 4.43. The molecule has 2 rings (SSSR count). The van der Waals surface area contributed by atoms with Gasteiger partial charge in [0.1, 0.15) is 0 Å². The van der Waals surface area contributed by atoms with Gasteiger partial charge in [0.05, 0.1) is 5.69 Å². The molecule has 6 heteroatoms. The fourth-order valence-electron chi connectivity index (χ4n) is 1.94. The Balaban J connectivity index is 2.12. The van der Waals surface area contributed by atoms with Crippen molar-refractivity contribution in [2.45, 2.75) is 6.92 Å². The van der Waals surface area contributed by atoms with Gasteiger partial charge in [-0.05, 0) is 42.0 Å². The Labute approximate surface area is 142 Å². The van der Waals surface area contributed by atoms with Gasteiger partial charge in [-0.25, -0.2) is 9.69 Å². The van der Waals surface area contributed by atoms with Crippen molar-refractivity contribution in [3.05, 3.63) is 64.8 Å². The van der Waals surface area contributed by atoms with E-state index < -0.39 is 6.03 Å². The highest BCUT2D eigenvalue weighted by Crippen LogP contribution is 2.18. The second kappa shape index (κ2) is 7.60. The molecule has 0 bridgehead atoms. The van der Waals surface area contributed by atoms with E-state index in [-0.39, 0.29) is 5.91 Å². The molecule has 3 N–H and O–H groups in total. The SMILES string of the molecule is CC(=O)N(C(=O)N/C=C/c1ccccc1Br)c1ccc(N)cc1. The molecule has 0 radical (unpaired) electrons. The molecule has 2 aromatic rings. The molecule has 0 aromatic heterocycles. The molecule has 0 aliphatic carbocycles. The summed E-state index contributed by atoms with van der Waals surface area (Å²) in [6.45, 7) is 1.33. The van der Waals surface area contributed by atoms with Gasteiger partial charge in [0, 0.05) is 23.3 Å². The molecule has 0 aliphatic heterocycles. The van der Waals surface area contributed by atoms with Crippen LogP contribution in [0, 0.1) is 0 Å². The van der Waals surface area contributed by atoms with E-state index in [2.05, 4.69) is 21.2 Å². The summed E-state index contributed by atoms with van der Waals surface area (Å²) < 4.78 is 0.910. The minimum atomic E-state index is -0.537. The number of imide groups is 1. The fourth-order valence-corrected chi connectivity index (χ4v) is 2.36. The van der Waals surface area contributed by atoms with Crippen LogP contribution in [0.4, 0.5) is 16.2 Å². The lowest BCUT2D eigenvalue weighted by molar-refractivity contribution is -0.115. The van der Waals surface area contributed by atoms with Crippen LogP contribution in [0.25, 0.3) is 6.08 Å². The van der Waals surface area contributed by atoms with E-state index in [1.54, 1.807) is 30.3 Å². The average molecular weight is 374 g/mol. The summed E-state index contributed by atoms with van der Waals surface area (Å²) in [5.41, 5.74) is 7.55. The Morgan fingerprint density at radius 3 is 2.39 bits per heavy atom. The van der Waals surface area contributed by atoms with Gasteiger partial charge in [0.2, 0.25) is 5.91 Å². The highest BCUT2D eigenvalue weighted by molar-refractivity contribution is 9.10. The average Bonchev–Trinajstić information content (AvgIpc) is 2.51. The number of halogens is 1. The molecule has 0 fully saturated rings. The zero-order valence-corrected chi connectivity index (χ0v) is 14.1. The van der Waals surface area contributed by atoms with Crippen LogP contribution < -0.4 is 16.0 Å². The van der Waals surface area contributed by atoms with Crippen molar-refractivity contribution in [2.24, 2.45) is 0 Å². The van der Waals surface area contributed by atoms with Crippen LogP contribution >= 0.6 is 15.9 Å². The minimum Gasteiger partial charge on any atom is -0.399 e. The largest absolute Gasteiger partial charge is 0.399 e. The van der Waals surface area contributed by atoms with Gasteiger partial charge in [-0.3, -0.25) is 4.79 Å². The lowest BCUT2D eigenvalue weighted by Gasteiger charge is -2.18. The Bertz CT molecular complexity index is 742. The van der Waals surface area contributed by atoms with Crippen molar-refractivity contribution in [2.75, 3.05) is 10.6 Å². The normalized spacial score (nSPS) is 10.5. The zero-order valence-electron chi connectivity index (χ0n) is 12.5. The number of carbonyl (C=O) groups is 2. The van der Waals surface area contributed by atoms with Gasteiger partial charge >= 0.3 is 6.03 Å². The number of nitrogen functional groups attached to an aromatic ring is 1. The van der Waals surface area contributed by atoms with Crippen molar-refractivity contribution in [1.29, 1.82) is 0 Å². The fraction of sp³-hybridized carbons (Fsp3) is 0.0588. The van der Waals surface area contributed by atoms with Crippen LogP contribution in [0.1, 0.15) is 12.5 Å². The number of anilines is 2. The molecule has 3 amide bonds. The maximum absolute atomic E-state index is 12.2. The number of urea groups is 1. The van der Waals surface area contributed by atoms with Gasteiger partial charge in [-0.1, -0.05) is 34.1 Å². The summed E-state index contributed by atoms with van der Waals surface area (Å²) in [6.07, 6.45) is 3.24. The molecule has 5 nitrogen and oxygen atoms in total. The van der Waals surface area contributed by atoms with E-state index in [1.165, 1.54) is 13.1 Å². The molecule has 0 spiro atoms. The second-order valence-electron chi connectivity index (χ2n) is 4.75. The summed E-state index contributed by atoms with van der Waals surface area (Å²) in [5.74, 6) is -0.387. The summed E-state index contributed by atoms with van der Waals surface area (Å²) in [7, 11) is 0. The minimum absolute atomic E-state index is 0.387.